The van der Waals surface area contributed by atoms with Gasteiger partial charge in [0, 0.05) is 17.1 Å². The van der Waals surface area contributed by atoms with Gasteiger partial charge in [0.15, 0.2) is 11.9 Å². The Bertz CT molecular complexity index is 889. The number of anilines is 1. The van der Waals surface area contributed by atoms with Crippen molar-refractivity contribution in [2.24, 2.45) is 0 Å². The van der Waals surface area contributed by atoms with E-state index in [0.717, 1.165) is 24.9 Å². The molecule has 0 radical (unpaired) electrons. The third kappa shape index (κ3) is 2.85. The Morgan fingerprint density at radius 2 is 2.22 bits per heavy atom. The highest BCUT2D eigenvalue weighted by Gasteiger charge is 2.23. The molecule has 1 aromatic carbocycles. The van der Waals surface area contributed by atoms with Crippen molar-refractivity contribution in [1.29, 1.82) is 0 Å². The van der Waals surface area contributed by atoms with Crippen LogP contribution in [0.2, 0.25) is 5.02 Å². The summed E-state index contributed by atoms with van der Waals surface area (Å²) in [7, 11) is 0. The summed E-state index contributed by atoms with van der Waals surface area (Å²) < 4.78 is 7.40. The topological polar surface area (TPSA) is 68.5 Å². The summed E-state index contributed by atoms with van der Waals surface area (Å²) in [5.74, 6) is 1.72. The van der Waals surface area contributed by atoms with Gasteiger partial charge in [-0.2, -0.15) is 14.6 Å². The third-order valence-electron chi connectivity index (χ3n) is 3.55. The number of benzene rings is 1. The van der Waals surface area contributed by atoms with Crippen LogP contribution in [0.5, 0.6) is 11.6 Å². The lowest BCUT2D eigenvalue weighted by Crippen LogP contribution is -2.08. The number of ether oxygens (including phenoxy) is 1. The number of nitrogens with one attached hydrogen (secondary N) is 1. The van der Waals surface area contributed by atoms with Crippen LogP contribution < -0.4 is 10.1 Å². The summed E-state index contributed by atoms with van der Waals surface area (Å²) in [5.41, 5.74) is 0.878. The van der Waals surface area contributed by atoms with E-state index in [-0.39, 0.29) is 0 Å². The number of rotatable bonds is 5. The molecule has 0 saturated heterocycles. The lowest BCUT2D eigenvalue weighted by molar-refractivity contribution is 0.112. The van der Waals surface area contributed by atoms with E-state index < -0.39 is 0 Å². The van der Waals surface area contributed by atoms with E-state index in [0.29, 0.717) is 33.9 Å². The maximum atomic E-state index is 11.2. The SMILES string of the molecule is O=Cc1cnn2c(NC3CC3)cc(Oc3cccc(Cl)c3)nc12. The van der Waals surface area contributed by atoms with Crippen molar-refractivity contribution in [2.75, 3.05) is 5.32 Å². The Labute approximate surface area is 137 Å². The molecule has 0 bridgehead atoms. The second kappa shape index (κ2) is 5.55. The van der Waals surface area contributed by atoms with Crippen molar-refractivity contribution in [1.82, 2.24) is 14.6 Å². The fourth-order valence-corrected chi connectivity index (χ4v) is 2.46. The molecule has 0 atom stereocenters. The highest BCUT2D eigenvalue weighted by atomic mass is 35.5. The summed E-state index contributed by atoms with van der Waals surface area (Å²) in [5, 5.41) is 8.17. The fourth-order valence-electron chi connectivity index (χ4n) is 2.28. The molecule has 1 aliphatic carbocycles. The molecule has 0 unspecified atom stereocenters. The van der Waals surface area contributed by atoms with Gasteiger partial charge in [0.1, 0.15) is 11.6 Å². The van der Waals surface area contributed by atoms with Crippen molar-refractivity contribution < 1.29 is 9.53 Å². The Balaban J connectivity index is 1.77. The van der Waals surface area contributed by atoms with Crippen LogP contribution in [-0.4, -0.2) is 26.9 Å². The van der Waals surface area contributed by atoms with Gasteiger partial charge in [-0.15, -0.1) is 0 Å². The molecule has 2 aromatic heterocycles. The molecule has 0 amide bonds. The quantitative estimate of drug-likeness (QED) is 0.725. The van der Waals surface area contributed by atoms with Crippen LogP contribution in [0.25, 0.3) is 5.65 Å². The summed E-state index contributed by atoms with van der Waals surface area (Å²) in [4.78, 5) is 15.6. The van der Waals surface area contributed by atoms with E-state index in [1.807, 2.05) is 0 Å². The Morgan fingerprint density at radius 3 is 2.96 bits per heavy atom. The molecule has 1 fully saturated rings. The minimum atomic E-state index is 0.381. The van der Waals surface area contributed by atoms with E-state index in [4.69, 9.17) is 16.3 Å². The molecule has 4 rings (SSSR count). The normalized spacial score (nSPS) is 14.0. The highest BCUT2D eigenvalue weighted by Crippen LogP contribution is 2.29. The summed E-state index contributed by atoms with van der Waals surface area (Å²) in [6.07, 6.45) is 4.47. The van der Waals surface area contributed by atoms with Crippen molar-refractivity contribution in [3.63, 3.8) is 0 Å². The van der Waals surface area contributed by atoms with Gasteiger partial charge in [-0.3, -0.25) is 4.79 Å². The standard InChI is InChI=1S/C16H13ClN4O2/c17-11-2-1-3-13(6-11)23-15-7-14(19-12-4-5-12)21-16(20-15)10(9-22)8-18-21/h1-3,6-9,12,19H,4-5H2. The van der Waals surface area contributed by atoms with Gasteiger partial charge < -0.3 is 10.1 Å². The van der Waals surface area contributed by atoms with Crippen LogP contribution >= 0.6 is 11.6 Å². The van der Waals surface area contributed by atoms with Gasteiger partial charge in [0.05, 0.1) is 11.8 Å². The number of halogens is 1. The molecule has 116 valence electrons. The molecule has 3 aromatic rings. The maximum absolute atomic E-state index is 11.2. The lowest BCUT2D eigenvalue weighted by atomic mass is 10.3. The number of aldehydes is 1. The minimum Gasteiger partial charge on any atom is -0.439 e. The van der Waals surface area contributed by atoms with Crippen LogP contribution in [-0.2, 0) is 0 Å². The van der Waals surface area contributed by atoms with Crippen molar-refractivity contribution in [3.05, 3.63) is 47.1 Å². The van der Waals surface area contributed by atoms with E-state index >= 15 is 0 Å². The number of hydrogen-bond acceptors (Lipinski definition) is 5. The van der Waals surface area contributed by atoms with Crippen LogP contribution in [0, 0.1) is 0 Å². The van der Waals surface area contributed by atoms with Gasteiger partial charge in [0.25, 0.3) is 0 Å². The van der Waals surface area contributed by atoms with Crippen molar-refractivity contribution in [2.45, 2.75) is 18.9 Å². The molecule has 1 aliphatic rings. The average Bonchev–Trinajstić information content (AvgIpc) is 3.24. The Hall–Kier alpha value is -2.60. The van der Waals surface area contributed by atoms with Gasteiger partial charge >= 0.3 is 0 Å². The van der Waals surface area contributed by atoms with Crippen LogP contribution in [0.3, 0.4) is 0 Å². The molecular formula is C16H13ClN4O2. The van der Waals surface area contributed by atoms with Gasteiger partial charge in [-0.25, -0.2) is 0 Å². The Kier molecular flexibility index (Phi) is 3.38. The number of carbonyl (C=O) groups is 1. The van der Waals surface area contributed by atoms with E-state index in [9.17, 15) is 4.79 Å². The number of nitrogens with zero attached hydrogens (tertiary/aromatic N) is 3. The average molecular weight is 329 g/mol. The summed E-state index contributed by atoms with van der Waals surface area (Å²) in [6, 6.07) is 9.28. The van der Waals surface area contributed by atoms with Gasteiger partial charge in [-0.1, -0.05) is 17.7 Å². The lowest BCUT2D eigenvalue weighted by Gasteiger charge is -2.10. The third-order valence-corrected chi connectivity index (χ3v) is 3.79. The zero-order chi connectivity index (χ0) is 15.8. The number of fused-ring (bicyclic) bond motifs is 1. The maximum Gasteiger partial charge on any atom is 0.224 e. The van der Waals surface area contributed by atoms with Gasteiger partial charge in [-0.05, 0) is 31.0 Å². The zero-order valence-electron chi connectivity index (χ0n) is 12.1. The predicted octanol–water partition coefficient (Wildman–Crippen LogP) is 3.56. The second-order valence-corrected chi connectivity index (χ2v) is 5.85. The summed E-state index contributed by atoms with van der Waals surface area (Å²) in [6.45, 7) is 0. The van der Waals surface area contributed by atoms with Crippen molar-refractivity contribution in [3.8, 4) is 11.6 Å². The predicted molar refractivity (Wildman–Crippen MR) is 86.5 cm³/mol. The first-order valence-electron chi connectivity index (χ1n) is 7.27. The molecule has 6 nitrogen and oxygen atoms in total. The van der Waals surface area contributed by atoms with Crippen LogP contribution in [0.15, 0.2) is 36.5 Å². The summed E-state index contributed by atoms with van der Waals surface area (Å²) >= 11 is 5.97. The first kappa shape index (κ1) is 14.0. The smallest absolute Gasteiger partial charge is 0.224 e. The van der Waals surface area contributed by atoms with Crippen molar-refractivity contribution >= 4 is 29.4 Å². The minimum absolute atomic E-state index is 0.381. The molecule has 1 saturated carbocycles. The molecule has 1 N–H and O–H groups in total. The Morgan fingerprint density at radius 1 is 1.35 bits per heavy atom. The van der Waals surface area contributed by atoms with Crippen LogP contribution in [0.1, 0.15) is 23.2 Å². The highest BCUT2D eigenvalue weighted by molar-refractivity contribution is 6.30. The van der Waals surface area contributed by atoms with E-state index in [1.165, 1.54) is 6.20 Å². The first-order chi connectivity index (χ1) is 11.2. The van der Waals surface area contributed by atoms with E-state index in [2.05, 4.69) is 15.4 Å². The largest absolute Gasteiger partial charge is 0.439 e. The molecule has 0 spiro atoms. The molecule has 7 heteroatoms. The molecule has 0 aliphatic heterocycles. The number of aromatic nitrogens is 3. The molecule has 2 heterocycles. The second-order valence-electron chi connectivity index (χ2n) is 5.41. The number of hydrogen-bond donors (Lipinski definition) is 1. The molecule has 23 heavy (non-hydrogen) atoms. The molecular weight excluding hydrogens is 316 g/mol. The zero-order valence-corrected chi connectivity index (χ0v) is 12.8. The fraction of sp³-hybridized carbons (Fsp3) is 0.188. The number of carbonyl (C=O) groups excluding carboxylic acids is 1. The van der Waals surface area contributed by atoms with Gasteiger partial charge in [0.2, 0.25) is 5.88 Å². The van der Waals surface area contributed by atoms with E-state index in [1.54, 1.807) is 34.8 Å². The monoisotopic (exact) mass is 328 g/mol. The first-order valence-corrected chi connectivity index (χ1v) is 7.64. The van der Waals surface area contributed by atoms with Crippen LogP contribution in [0.4, 0.5) is 5.82 Å².